The van der Waals surface area contributed by atoms with Gasteiger partial charge >= 0.3 is 51.4 Å². The van der Waals surface area contributed by atoms with E-state index >= 15 is 0 Å². The summed E-state index contributed by atoms with van der Waals surface area (Å²) < 4.78 is 10.1. The van der Waals surface area contributed by atoms with Gasteiger partial charge in [0.15, 0.2) is 0 Å². The third kappa shape index (κ3) is 11.2. The Morgan fingerprint density at radius 1 is 1.58 bits per heavy atom. The summed E-state index contributed by atoms with van der Waals surface area (Å²) >= 11 is 0. The Kier molecular flexibility index (Phi) is 9.94. The third-order valence-electron chi connectivity index (χ3n) is 0.950. The maximum absolute atomic E-state index is 10.1. The van der Waals surface area contributed by atoms with Crippen molar-refractivity contribution in [2.75, 3.05) is 12.7 Å². The number of hydrogen-bond donors (Lipinski definition) is 2. The zero-order chi connectivity index (χ0) is 8.91. The van der Waals surface area contributed by atoms with Crippen LogP contribution in [0.2, 0.25) is 0 Å². The molecule has 0 aromatic rings. The number of nitrogens with zero attached hydrogens (tertiary/aromatic N) is 1. The maximum atomic E-state index is 10.1. The second-order valence-electron chi connectivity index (χ2n) is 1.98. The zero-order valence-electron chi connectivity index (χ0n) is 6.71. The predicted molar refractivity (Wildman–Crippen MR) is 33.9 cm³/mol. The molecule has 0 heterocycles. The van der Waals surface area contributed by atoms with Gasteiger partial charge in [-0.25, -0.2) is 5.06 Å². The van der Waals surface area contributed by atoms with Crippen molar-refractivity contribution < 1.29 is 75.7 Å². The average molecular weight is 221 g/mol. The first-order valence-corrected chi connectivity index (χ1v) is 4.65. The molecule has 0 aromatic carbocycles. The summed E-state index contributed by atoms with van der Waals surface area (Å²) in [6.07, 6.45) is -0.252. The van der Waals surface area contributed by atoms with E-state index in [1.54, 1.807) is 0 Å². The quantitative estimate of drug-likeness (QED) is 0.161. The standard InChI is InChI=1S/C4H10NO5P.K/c6-4-5(7)2-1-3-11(8,9)10;/h4,7H,1-3H2,(H2,8,9,10);/q;+1/p-1. The van der Waals surface area contributed by atoms with Crippen molar-refractivity contribution in [3.05, 3.63) is 0 Å². The molecule has 0 aliphatic carbocycles. The Morgan fingerprint density at radius 2 is 2.08 bits per heavy atom. The molecular formula is C4H9KNO5P. The molecule has 0 fully saturated rings. The van der Waals surface area contributed by atoms with Crippen molar-refractivity contribution in [2.24, 2.45) is 0 Å². The van der Waals surface area contributed by atoms with Crippen molar-refractivity contribution in [1.82, 2.24) is 5.06 Å². The smallest absolute Gasteiger partial charge is 0.779 e. The van der Waals surface area contributed by atoms with Crippen LogP contribution in [0.5, 0.6) is 0 Å². The first kappa shape index (κ1) is 15.7. The van der Waals surface area contributed by atoms with E-state index in [9.17, 15) is 14.3 Å². The molecule has 0 saturated carbocycles. The molecule has 12 heavy (non-hydrogen) atoms. The van der Waals surface area contributed by atoms with Crippen LogP contribution in [0.1, 0.15) is 6.42 Å². The number of rotatable bonds is 5. The fourth-order valence-electron chi connectivity index (χ4n) is 0.485. The number of hydrogen-bond acceptors (Lipinski definition) is 4. The van der Waals surface area contributed by atoms with Gasteiger partial charge in [0.25, 0.3) is 0 Å². The molecule has 0 rings (SSSR count). The van der Waals surface area contributed by atoms with E-state index in [0.717, 1.165) is 0 Å². The third-order valence-corrected chi connectivity index (χ3v) is 1.83. The van der Waals surface area contributed by atoms with Crippen LogP contribution in [0.4, 0.5) is 0 Å². The van der Waals surface area contributed by atoms with E-state index in [2.05, 4.69) is 0 Å². The summed E-state index contributed by atoms with van der Waals surface area (Å²) in [5.74, 6) is 0. The van der Waals surface area contributed by atoms with Crippen LogP contribution in [0.25, 0.3) is 0 Å². The summed E-state index contributed by atoms with van der Waals surface area (Å²) in [6.45, 7) is -0.101. The van der Waals surface area contributed by atoms with Crippen LogP contribution in [0.3, 0.4) is 0 Å². The normalized spacial score (nSPS) is 14.2. The molecule has 1 amide bonds. The molecule has 0 aliphatic heterocycles. The SMILES string of the molecule is O=CN(O)CCCP(=O)([O-])O.[K+]. The van der Waals surface area contributed by atoms with Gasteiger partial charge in [-0.05, 0) is 6.42 Å². The van der Waals surface area contributed by atoms with Gasteiger partial charge in [0.05, 0.1) is 0 Å². The molecule has 6 nitrogen and oxygen atoms in total. The van der Waals surface area contributed by atoms with Gasteiger partial charge in [-0.2, -0.15) is 0 Å². The minimum atomic E-state index is -4.24. The van der Waals surface area contributed by atoms with E-state index in [-0.39, 0.29) is 70.8 Å². The Labute approximate surface area is 112 Å². The van der Waals surface area contributed by atoms with Crippen molar-refractivity contribution in [2.45, 2.75) is 6.42 Å². The predicted octanol–water partition coefficient (Wildman–Crippen LogP) is -4.23. The molecule has 0 aliphatic rings. The maximum Gasteiger partial charge on any atom is 1.00 e. The Bertz CT molecular complexity index is 171. The Hall–Kier alpha value is 1.22. The topological polar surface area (TPSA) is 101 Å². The molecule has 0 aromatic heterocycles. The van der Waals surface area contributed by atoms with Crippen molar-refractivity contribution in [3.63, 3.8) is 0 Å². The fraction of sp³-hybridized carbons (Fsp3) is 0.750. The summed E-state index contributed by atoms with van der Waals surface area (Å²) in [7, 11) is -4.24. The summed E-state index contributed by atoms with van der Waals surface area (Å²) in [6, 6.07) is 0. The molecule has 0 radical (unpaired) electrons. The first-order valence-electron chi connectivity index (χ1n) is 2.89. The summed E-state index contributed by atoms with van der Waals surface area (Å²) in [5, 5.41) is 8.76. The summed E-state index contributed by atoms with van der Waals surface area (Å²) in [5.41, 5.74) is 0. The second kappa shape index (κ2) is 7.60. The van der Waals surface area contributed by atoms with Crippen LogP contribution < -0.4 is 56.3 Å². The molecule has 0 spiro atoms. The van der Waals surface area contributed by atoms with Crippen LogP contribution in [-0.4, -0.2) is 34.3 Å². The first-order chi connectivity index (χ1) is 4.95. The molecule has 1 unspecified atom stereocenters. The van der Waals surface area contributed by atoms with Gasteiger partial charge in [-0.1, -0.05) is 0 Å². The van der Waals surface area contributed by atoms with Gasteiger partial charge in [-0.3, -0.25) is 10.0 Å². The molecule has 2 N–H and O–H groups in total. The van der Waals surface area contributed by atoms with Gasteiger partial charge in [0, 0.05) is 12.7 Å². The molecule has 66 valence electrons. The Morgan fingerprint density at radius 3 is 2.42 bits per heavy atom. The van der Waals surface area contributed by atoms with Gasteiger partial charge in [0.1, 0.15) is 7.60 Å². The van der Waals surface area contributed by atoms with E-state index in [1.807, 2.05) is 0 Å². The molecular weight excluding hydrogens is 212 g/mol. The van der Waals surface area contributed by atoms with Crippen molar-refractivity contribution in [3.8, 4) is 0 Å². The average Bonchev–Trinajstić information content (AvgIpc) is 1.85. The van der Waals surface area contributed by atoms with Crippen molar-refractivity contribution in [1.29, 1.82) is 0 Å². The van der Waals surface area contributed by atoms with Crippen LogP contribution in [0.15, 0.2) is 0 Å². The fourth-order valence-corrected chi connectivity index (χ4v) is 1.03. The molecule has 0 bridgehead atoms. The van der Waals surface area contributed by atoms with E-state index < -0.39 is 13.8 Å². The van der Waals surface area contributed by atoms with Gasteiger partial charge in [-0.15, -0.1) is 0 Å². The van der Waals surface area contributed by atoms with Crippen LogP contribution >= 0.6 is 7.60 Å². The molecule has 0 saturated heterocycles. The second-order valence-corrected chi connectivity index (χ2v) is 3.71. The van der Waals surface area contributed by atoms with E-state index in [0.29, 0.717) is 5.06 Å². The molecule has 8 heteroatoms. The largest absolute Gasteiger partial charge is 1.00 e. The van der Waals surface area contributed by atoms with Gasteiger partial charge < -0.3 is 14.4 Å². The van der Waals surface area contributed by atoms with E-state index in [4.69, 9.17) is 10.1 Å². The number of carbonyl (C=O) groups is 1. The van der Waals surface area contributed by atoms with Crippen LogP contribution in [-0.2, 0) is 9.36 Å². The number of hydroxylamine groups is 2. The van der Waals surface area contributed by atoms with Gasteiger partial charge in [0.2, 0.25) is 6.41 Å². The Balaban J connectivity index is 0. The number of amides is 1. The number of carbonyl (C=O) groups excluding carboxylic acids is 1. The van der Waals surface area contributed by atoms with E-state index in [1.165, 1.54) is 0 Å². The monoisotopic (exact) mass is 221 g/mol. The van der Waals surface area contributed by atoms with Crippen LogP contribution in [0, 0.1) is 0 Å². The van der Waals surface area contributed by atoms with Crippen molar-refractivity contribution >= 4 is 14.0 Å². The minimum Gasteiger partial charge on any atom is -0.779 e. The molecule has 1 atom stereocenters. The zero-order valence-corrected chi connectivity index (χ0v) is 10.7. The summed E-state index contributed by atoms with van der Waals surface area (Å²) in [4.78, 5) is 28.0. The minimum absolute atomic E-state index is 0.